The number of aromatic amines is 4. The van der Waals surface area contributed by atoms with Crippen LogP contribution in [0.3, 0.4) is 0 Å². The molecular weight excluding hydrogens is 546 g/mol. The maximum Gasteiger partial charge on any atom is 0.438 e. The Hall–Kier alpha value is -3.55. The standard InChI is InChI=1S/C3H5N3.C3H4N2O2.C3H6N2OS.2C3H4N2OS.3CH4/c1-3-4-2-5-6-3;1-2-4-3(6)7-5-2;1-3-4-6-7(2)5-3;1-2-4-3(6)7-5-2;1-2-4-3(7)6-5-2;;;/h2H,1H3,(H,4,5,6);1H3,(H,4,5,6);2H2,1H3,(H,4,5);1H3,(H,4,5,6);1H3,(H,4,5,7);3*1H4. The molecule has 0 amide bonds. The summed E-state index contributed by atoms with van der Waals surface area (Å²) in [5.74, 6) is 6.61. The molecule has 1 atom stereocenters. The van der Waals surface area contributed by atoms with Gasteiger partial charge in [0.1, 0.15) is 35.5 Å². The fraction of sp³-hybridized carbons (Fsp3) is 0.444. The van der Waals surface area contributed by atoms with Crippen molar-refractivity contribution in [1.82, 2.24) is 50.3 Å². The van der Waals surface area contributed by atoms with Gasteiger partial charge in [-0.15, -0.1) is 0 Å². The number of hydrogen-bond donors (Lipinski definition) is 5. The van der Waals surface area contributed by atoms with Gasteiger partial charge in [-0.1, -0.05) is 27.4 Å². The van der Waals surface area contributed by atoms with Gasteiger partial charge in [-0.05, 0) is 52.7 Å². The number of aryl methyl sites for hydroxylation is 4. The lowest BCUT2D eigenvalue weighted by atomic mass is 10.7. The topological polar surface area (TPSA) is 222 Å². The van der Waals surface area contributed by atoms with E-state index >= 15 is 0 Å². The smallest absolute Gasteiger partial charge is 0.348 e. The van der Waals surface area contributed by atoms with Crippen molar-refractivity contribution in [2.24, 2.45) is 4.40 Å². The number of rotatable bonds is 0. The van der Waals surface area contributed by atoms with Crippen LogP contribution < -0.4 is 16.1 Å². The summed E-state index contributed by atoms with van der Waals surface area (Å²) in [7, 11) is -0.476. The molecule has 5 N–H and O–H groups in total. The first-order valence-corrected chi connectivity index (χ1v) is 11.4. The van der Waals surface area contributed by atoms with Gasteiger partial charge in [0.05, 0.1) is 11.0 Å². The van der Waals surface area contributed by atoms with Crippen LogP contribution in [-0.2, 0) is 4.28 Å². The zero-order chi connectivity index (χ0) is 25.5. The number of hydrogen-bond acceptors (Lipinski definition) is 14. The van der Waals surface area contributed by atoms with Crippen LogP contribution in [0.2, 0.25) is 0 Å². The van der Waals surface area contributed by atoms with Crippen molar-refractivity contribution in [1.29, 1.82) is 0 Å². The van der Waals surface area contributed by atoms with Gasteiger partial charge in [-0.25, -0.2) is 20.4 Å². The molecule has 0 bridgehead atoms. The molecule has 0 radical (unpaired) electrons. The summed E-state index contributed by atoms with van der Waals surface area (Å²) in [5.41, 5.74) is 2.57. The Morgan fingerprint density at radius 2 is 1.68 bits per heavy atom. The van der Waals surface area contributed by atoms with Crippen molar-refractivity contribution < 1.29 is 13.3 Å². The molecule has 5 rings (SSSR count). The van der Waals surface area contributed by atoms with Crippen molar-refractivity contribution in [2.45, 2.75) is 56.9 Å². The molecule has 0 fully saturated rings. The third kappa shape index (κ3) is 19.3. The highest BCUT2D eigenvalue weighted by Crippen LogP contribution is 2.15. The van der Waals surface area contributed by atoms with Crippen LogP contribution in [0.1, 0.15) is 52.5 Å². The number of nitrogens with zero attached hydrogens (tertiary/aromatic N) is 6. The van der Waals surface area contributed by atoms with E-state index < -0.39 is 16.7 Å². The molecule has 0 saturated carbocycles. The Labute approximate surface area is 225 Å². The van der Waals surface area contributed by atoms with Crippen LogP contribution in [0, 0.1) is 32.5 Å². The van der Waals surface area contributed by atoms with Crippen LogP contribution in [0.15, 0.2) is 29.4 Å². The predicted octanol–water partition coefficient (Wildman–Crippen LogP) is 3.34. The largest absolute Gasteiger partial charge is 0.438 e. The molecule has 1 aliphatic rings. The van der Waals surface area contributed by atoms with Gasteiger partial charge in [-0.3, -0.25) is 24.4 Å². The van der Waals surface area contributed by atoms with Crippen molar-refractivity contribution in [3.63, 3.8) is 0 Å². The van der Waals surface area contributed by atoms with Crippen LogP contribution in [-0.4, -0.2) is 56.5 Å². The summed E-state index contributed by atoms with van der Waals surface area (Å²) in [4.78, 5) is 32.6. The maximum atomic E-state index is 10.2. The summed E-state index contributed by atoms with van der Waals surface area (Å²) in [6, 6.07) is 0. The van der Waals surface area contributed by atoms with Gasteiger partial charge in [-0.2, -0.15) is 23.1 Å². The van der Waals surface area contributed by atoms with E-state index in [9.17, 15) is 9.59 Å². The van der Waals surface area contributed by atoms with Gasteiger partial charge in [0.15, 0.2) is 0 Å². The number of hydroxylamine groups is 1. The van der Waals surface area contributed by atoms with Crippen LogP contribution >= 0.6 is 34.7 Å². The summed E-state index contributed by atoms with van der Waals surface area (Å²) in [6.07, 6.45) is 1.48. The maximum absolute atomic E-state index is 10.2. The lowest BCUT2D eigenvalue weighted by molar-refractivity contribution is 0.325. The van der Waals surface area contributed by atoms with E-state index in [0.717, 1.165) is 23.2 Å². The molecule has 5 heterocycles. The van der Waals surface area contributed by atoms with Gasteiger partial charge in [0.25, 0.3) is 0 Å². The monoisotopic (exact) mass is 581 g/mol. The van der Waals surface area contributed by atoms with E-state index in [0.29, 0.717) is 17.5 Å². The Morgan fingerprint density at radius 1 is 1.00 bits per heavy atom. The van der Waals surface area contributed by atoms with Crippen molar-refractivity contribution in [3.8, 4) is 0 Å². The third-order valence-corrected chi connectivity index (χ3v) is 4.26. The molecule has 1 aliphatic heterocycles. The minimum atomic E-state index is -0.502. The first kappa shape index (κ1) is 38.0. The van der Waals surface area contributed by atoms with Gasteiger partial charge >= 0.3 is 15.5 Å². The molecule has 16 nitrogen and oxygen atoms in total. The molecule has 4 aromatic rings. The molecule has 37 heavy (non-hydrogen) atoms. The second-order valence-electron chi connectivity index (χ2n) is 5.78. The predicted molar refractivity (Wildman–Crippen MR) is 149 cm³/mol. The third-order valence-electron chi connectivity index (χ3n) is 2.70. The van der Waals surface area contributed by atoms with E-state index in [1.165, 1.54) is 6.33 Å². The van der Waals surface area contributed by atoms with Crippen molar-refractivity contribution in [2.75, 3.05) is 0 Å². The molecule has 0 saturated heterocycles. The highest BCUT2D eigenvalue weighted by atomic mass is 32.2. The van der Waals surface area contributed by atoms with E-state index in [4.69, 9.17) is 4.28 Å². The average molecular weight is 582 g/mol. The lowest BCUT2D eigenvalue weighted by Gasteiger charge is -1.86. The molecule has 210 valence electrons. The van der Waals surface area contributed by atoms with Crippen LogP contribution in [0.25, 0.3) is 0 Å². The minimum Gasteiger partial charge on any atom is -0.348 e. The van der Waals surface area contributed by atoms with Gasteiger partial charge in [0, 0.05) is 11.5 Å². The molecule has 0 aromatic carbocycles. The van der Waals surface area contributed by atoms with Crippen molar-refractivity contribution in [3.05, 3.63) is 54.7 Å². The Morgan fingerprint density at radius 3 is 1.81 bits per heavy atom. The molecule has 0 spiro atoms. The number of H-pyrrole nitrogens is 4. The van der Waals surface area contributed by atoms with E-state index in [-0.39, 0.29) is 32.0 Å². The summed E-state index contributed by atoms with van der Waals surface area (Å²) < 4.78 is 21.0. The Bertz CT molecular complexity index is 1210. The van der Waals surface area contributed by atoms with Crippen LogP contribution in [0.4, 0.5) is 0 Å². The van der Waals surface area contributed by atoms with Crippen molar-refractivity contribution >= 4 is 46.4 Å². The van der Waals surface area contributed by atoms with Gasteiger partial charge < -0.3 is 4.52 Å². The summed E-state index contributed by atoms with van der Waals surface area (Å²) in [5, 5.41) is 12.0. The molecule has 1 unspecified atom stereocenters. The SMILES string of the molecule is C.C.C.C=S1N=C(C)NO1.Cc1nc(=S)o[nH]1.Cc1ncn[nH]1.Cc1noc(=O)[nH]1.Cc1nsc(=O)[nH]1. The molecule has 0 aliphatic carbocycles. The average Bonchev–Trinajstić information content (AvgIpc) is 3.59. The van der Waals surface area contributed by atoms with Gasteiger partial charge in [0.2, 0.25) is 0 Å². The van der Waals surface area contributed by atoms with E-state index in [1.54, 1.807) is 20.8 Å². The second kappa shape index (κ2) is 20.6. The fourth-order valence-corrected chi connectivity index (χ4v) is 2.71. The first-order valence-electron chi connectivity index (χ1n) is 8.97. The summed E-state index contributed by atoms with van der Waals surface area (Å²) in [6.45, 7) is 8.85. The van der Waals surface area contributed by atoms with Crippen LogP contribution in [0.5, 0.6) is 0 Å². The summed E-state index contributed by atoms with van der Waals surface area (Å²) >= 11 is 5.47. The Kier molecular flexibility index (Phi) is 21.2. The Balaban J connectivity index is -0.000000383. The zero-order valence-corrected chi connectivity index (χ0v) is 21.2. The lowest BCUT2D eigenvalue weighted by Crippen LogP contribution is -2.10. The normalized spacial score (nSPS) is 12.2. The van der Waals surface area contributed by atoms with E-state index in [2.05, 4.69) is 81.8 Å². The number of aromatic nitrogens is 9. The number of amidine groups is 1. The molecular formula is C18H35N11O5S3. The highest BCUT2D eigenvalue weighted by molar-refractivity contribution is 8.09. The zero-order valence-electron chi connectivity index (χ0n) is 18.7. The highest BCUT2D eigenvalue weighted by Gasteiger charge is 1.99. The van der Waals surface area contributed by atoms with E-state index in [1.807, 2.05) is 13.8 Å². The fourth-order valence-electron chi connectivity index (χ4n) is 1.47. The minimum absolute atomic E-state index is 0. The second-order valence-corrected chi connectivity index (χ2v) is 7.86. The molecule has 19 heteroatoms. The number of nitrogens with one attached hydrogen (secondary N) is 5. The first-order chi connectivity index (χ1) is 16.0. The molecule has 4 aromatic heterocycles. The quantitative estimate of drug-likeness (QED) is 0.189.